The maximum atomic E-state index is 12.2. The zero-order chi connectivity index (χ0) is 21.2. The van der Waals surface area contributed by atoms with Gasteiger partial charge in [-0.3, -0.25) is 9.59 Å². The molecule has 0 fully saturated rings. The van der Waals surface area contributed by atoms with Crippen LogP contribution in [0.5, 0.6) is 0 Å². The molecule has 0 saturated carbocycles. The first-order valence-electron chi connectivity index (χ1n) is 10.1. The number of carbonyl (C=O) groups is 2. The standard InChI is InChI=1S/C25H27N3O2/c1-19(21-10-6-3-7-11-21)27-25(30)18-26-22-13-15-23(16-14-22)28-24(29)17-12-20-8-4-2-5-9-20/h2-11,13-16,19,26H,12,17-18H2,1H3,(H,27,30)(H,28,29). The van der Waals surface area contributed by atoms with E-state index in [4.69, 9.17) is 0 Å². The van der Waals surface area contributed by atoms with Crippen molar-refractivity contribution in [3.63, 3.8) is 0 Å². The number of carbonyl (C=O) groups excluding carboxylic acids is 2. The number of amides is 2. The minimum Gasteiger partial charge on any atom is -0.376 e. The molecule has 0 aromatic heterocycles. The van der Waals surface area contributed by atoms with Crippen LogP contribution >= 0.6 is 0 Å². The van der Waals surface area contributed by atoms with Gasteiger partial charge < -0.3 is 16.0 Å². The number of anilines is 2. The van der Waals surface area contributed by atoms with Gasteiger partial charge >= 0.3 is 0 Å². The Morgan fingerprint density at radius 3 is 2.03 bits per heavy atom. The van der Waals surface area contributed by atoms with Crippen LogP contribution in [0.2, 0.25) is 0 Å². The lowest BCUT2D eigenvalue weighted by Gasteiger charge is -2.15. The van der Waals surface area contributed by atoms with Crippen LogP contribution in [0, 0.1) is 0 Å². The van der Waals surface area contributed by atoms with Crippen molar-refractivity contribution in [2.45, 2.75) is 25.8 Å². The molecule has 3 rings (SSSR count). The second kappa shape index (κ2) is 10.8. The largest absolute Gasteiger partial charge is 0.376 e. The van der Waals surface area contributed by atoms with E-state index in [9.17, 15) is 9.59 Å². The first kappa shape index (κ1) is 21.1. The van der Waals surface area contributed by atoms with Gasteiger partial charge in [0.2, 0.25) is 11.8 Å². The molecule has 0 aliphatic rings. The summed E-state index contributed by atoms with van der Waals surface area (Å²) in [5.41, 5.74) is 3.77. The summed E-state index contributed by atoms with van der Waals surface area (Å²) >= 11 is 0. The van der Waals surface area contributed by atoms with Crippen molar-refractivity contribution >= 4 is 23.2 Å². The quantitative estimate of drug-likeness (QED) is 0.493. The summed E-state index contributed by atoms with van der Waals surface area (Å²) in [7, 11) is 0. The molecule has 0 aliphatic carbocycles. The van der Waals surface area contributed by atoms with Crippen molar-refractivity contribution in [3.05, 3.63) is 96.1 Å². The fourth-order valence-corrected chi connectivity index (χ4v) is 3.10. The minimum absolute atomic E-state index is 0.0196. The molecule has 154 valence electrons. The molecule has 1 unspecified atom stereocenters. The predicted molar refractivity (Wildman–Crippen MR) is 121 cm³/mol. The SMILES string of the molecule is CC(NC(=O)CNc1ccc(NC(=O)CCc2ccccc2)cc1)c1ccccc1. The lowest BCUT2D eigenvalue weighted by Crippen LogP contribution is -2.32. The Balaban J connectivity index is 1.40. The maximum absolute atomic E-state index is 12.2. The molecule has 0 saturated heterocycles. The van der Waals surface area contributed by atoms with Crippen molar-refractivity contribution in [1.82, 2.24) is 5.32 Å². The molecular weight excluding hydrogens is 374 g/mol. The maximum Gasteiger partial charge on any atom is 0.239 e. The van der Waals surface area contributed by atoms with E-state index in [1.54, 1.807) is 0 Å². The summed E-state index contributed by atoms with van der Waals surface area (Å²) < 4.78 is 0. The molecule has 3 aromatic rings. The minimum atomic E-state index is -0.0790. The van der Waals surface area contributed by atoms with Crippen molar-refractivity contribution in [3.8, 4) is 0 Å². The molecule has 2 amide bonds. The Morgan fingerprint density at radius 1 is 0.767 bits per heavy atom. The van der Waals surface area contributed by atoms with Gasteiger partial charge in [0, 0.05) is 17.8 Å². The van der Waals surface area contributed by atoms with Gasteiger partial charge in [-0.05, 0) is 48.7 Å². The van der Waals surface area contributed by atoms with Gasteiger partial charge in [-0.2, -0.15) is 0 Å². The van der Waals surface area contributed by atoms with E-state index < -0.39 is 0 Å². The lowest BCUT2D eigenvalue weighted by molar-refractivity contribution is -0.120. The lowest BCUT2D eigenvalue weighted by atomic mass is 10.1. The van der Waals surface area contributed by atoms with Gasteiger partial charge in [0.25, 0.3) is 0 Å². The van der Waals surface area contributed by atoms with E-state index in [0.717, 1.165) is 22.5 Å². The van der Waals surface area contributed by atoms with E-state index in [2.05, 4.69) is 16.0 Å². The average molecular weight is 402 g/mol. The molecule has 0 bridgehead atoms. The van der Waals surface area contributed by atoms with Crippen LogP contribution in [-0.4, -0.2) is 18.4 Å². The summed E-state index contributed by atoms with van der Waals surface area (Å²) in [6.07, 6.45) is 1.15. The molecule has 0 aliphatic heterocycles. The Morgan fingerprint density at radius 2 is 1.37 bits per heavy atom. The predicted octanol–water partition coefficient (Wildman–Crippen LogP) is 4.55. The molecule has 3 aromatic carbocycles. The van der Waals surface area contributed by atoms with Gasteiger partial charge in [-0.1, -0.05) is 60.7 Å². The number of hydrogen-bond donors (Lipinski definition) is 3. The molecule has 0 radical (unpaired) electrons. The molecule has 0 spiro atoms. The Labute approximate surface area is 177 Å². The van der Waals surface area contributed by atoms with Crippen LogP contribution in [0.3, 0.4) is 0 Å². The Kier molecular flexibility index (Phi) is 7.61. The smallest absolute Gasteiger partial charge is 0.239 e. The Hall–Kier alpha value is -3.60. The van der Waals surface area contributed by atoms with Crippen molar-refractivity contribution in [2.24, 2.45) is 0 Å². The highest BCUT2D eigenvalue weighted by Crippen LogP contribution is 2.15. The van der Waals surface area contributed by atoms with E-state index >= 15 is 0 Å². The third-order valence-electron chi connectivity index (χ3n) is 4.78. The van der Waals surface area contributed by atoms with Crippen molar-refractivity contribution in [1.29, 1.82) is 0 Å². The fraction of sp³-hybridized carbons (Fsp3) is 0.200. The van der Waals surface area contributed by atoms with Crippen LogP contribution in [0.1, 0.15) is 30.5 Å². The number of hydrogen-bond acceptors (Lipinski definition) is 3. The summed E-state index contributed by atoms with van der Waals surface area (Å²) in [6, 6.07) is 27.1. The van der Waals surface area contributed by atoms with Crippen LogP contribution in [0.15, 0.2) is 84.9 Å². The highest BCUT2D eigenvalue weighted by atomic mass is 16.2. The van der Waals surface area contributed by atoms with Crippen LogP contribution < -0.4 is 16.0 Å². The summed E-state index contributed by atoms with van der Waals surface area (Å²) in [5.74, 6) is -0.0986. The van der Waals surface area contributed by atoms with Crippen molar-refractivity contribution in [2.75, 3.05) is 17.2 Å². The topological polar surface area (TPSA) is 70.2 Å². The van der Waals surface area contributed by atoms with E-state index in [1.807, 2.05) is 91.9 Å². The number of nitrogens with one attached hydrogen (secondary N) is 3. The van der Waals surface area contributed by atoms with Gasteiger partial charge in [-0.15, -0.1) is 0 Å². The van der Waals surface area contributed by atoms with Crippen molar-refractivity contribution < 1.29 is 9.59 Å². The van der Waals surface area contributed by atoms with Gasteiger partial charge in [0.1, 0.15) is 0 Å². The van der Waals surface area contributed by atoms with Gasteiger partial charge in [-0.25, -0.2) is 0 Å². The third-order valence-corrected chi connectivity index (χ3v) is 4.78. The molecule has 0 heterocycles. The zero-order valence-electron chi connectivity index (χ0n) is 17.1. The van der Waals surface area contributed by atoms with Gasteiger partial charge in [0.05, 0.1) is 12.6 Å². The fourth-order valence-electron chi connectivity index (χ4n) is 3.10. The summed E-state index contributed by atoms with van der Waals surface area (Å²) in [6.45, 7) is 2.14. The highest BCUT2D eigenvalue weighted by Gasteiger charge is 2.09. The monoisotopic (exact) mass is 401 g/mol. The summed E-state index contributed by atoms with van der Waals surface area (Å²) in [5, 5.41) is 8.98. The van der Waals surface area contributed by atoms with Crippen LogP contribution in [0.4, 0.5) is 11.4 Å². The molecule has 3 N–H and O–H groups in total. The van der Waals surface area contributed by atoms with E-state index in [1.165, 1.54) is 0 Å². The summed E-state index contributed by atoms with van der Waals surface area (Å²) in [4.78, 5) is 24.3. The second-order valence-corrected chi connectivity index (χ2v) is 7.16. The zero-order valence-corrected chi connectivity index (χ0v) is 17.1. The van der Waals surface area contributed by atoms with E-state index in [-0.39, 0.29) is 24.4 Å². The normalized spacial score (nSPS) is 11.4. The average Bonchev–Trinajstić information content (AvgIpc) is 2.78. The molecule has 5 nitrogen and oxygen atoms in total. The highest BCUT2D eigenvalue weighted by molar-refractivity contribution is 5.91. The van der Waals surface area contributed by atoms with E-state index in [0.29, 0.717) is 12.8 Å². The number of aryl methyl sites for hydroxylation is 1. The Bertz CT molecular complexity index is 941. The third kappa shape index (κ3) is 6.78. The molecule has 5 heteroatoms. The van der Waals surface area contributed by atoms with Crippen LogP contribution in [-0.2, 0) is 16.0 Å². The van der Waals surface area contributed by atoms with Gasteiger partial charge in [0.15, 0.2) is 0 Å². The number of benzene rings is 3. The number of rotatable bonds is 9. The first-order valence-corrected chi connectivity index (χ1v) is 10.1. The second-order valence-electron chi connectivity index (χ2n) is 7.16. The first-order chi connectivity index (χ1) is 14.6. The molecular formula is C25H27N3O2. The molecule has 1 atom stereocenters. The molecule has 30 heavy (non-hydrogen) atoms. The van der Waals surface area contributed by atoms with Crippen LogP contribution in [0.25, 0.3) is 0 Å².